The third-order valence-electron chi connectivity index (χ3n) is 2.58. The summed E-state index contributed by atoms with van der Waals surface area (Å²) in [5, 5.41) is 1.03. The number of benzene rings is 1. The molecule has 2 N–H and O–H groups in total. The molecule has 1 aromatic carbocycles. The molecule has 1 aliphatic heterocycles. The highest BCUT2D eigenvalue weighted by molar-refractivity contribution is 5.82. The molecule has 2 heterocycles. The van der Waals surface area contributed by atoms with Gasteiger partial charge in [0.1, 0.15) is 6.10 Å². The van der Waals surface area contributed by atoms with Crippen LogP contribution in [0.25, 0.3) is 10.9 Å². The Morgan fingerprint density at radius 1 is 1.25 bits per heavy atom. The number of rotatable bonds is 2. The molecule has 0 aliphatic carbocycles. The molecular formula is C12H12N2O2. The van der Waals surface area contributed by atoms with Gasteiger partial charge in [0.15, 0.2) is 0 Å². The van der Waals surface area contributed by atoms with Crippen LogP contribution in [0.1, 0.15) is 0 Å². The highest BCUT2D eigenvalue weighted by atomic mass is 16.6. The topological polar surface area (TPSA) is 57.4 Å². The Morgan fingerprint density at radius 3 is 2.88 bits per heavy atom. The van der Waals surface area contributed by atoms with E-state index in [1.165, 1.54) is 0 Å². The highest BCUT2D eigenvalue weighted by Gasteiger charge is 2.20. The first-order valence-corrected chi connectivity index (χ1v) is 5.22. The highest BCUT2D eigenvalue weighted by Crippen LogP contribution is 2.20. The van der Waals surface area contributed by atoms with E-state index in [0.29, 0.717) is 19.1 Å². The van der Waals surface area contributed by atoms with E-state index in [9.17, 15) is 0 Å². The molecule has 1 fully saturated rings. The summed E-state index contributed by atoms with van der Waals surface area (Å²) in [6, 6.07) is 9.46. The quantitative estimate of drug-likeness (QED) is 0.774. The lowest BCUT2D eigenvalue weighted by Gasteiger charge is -2.26. The summed E-state index contributed by atoms with van der Waals surface area (Å²) < 4.78 is 10.7. The number of nitrogens with two attached hydrogens (primary N) is 1. The first-order chi connectivity index (χ1) is 7.81. The van der Waals surface area contributed by atoms with Crippen LogP contribution in [0.5, 0.6) is 5.88 Å². The zero-order valence-corrected chi connectivity index (χ0v) is 8.72. The maximum Gasteiger partial charge on any atom is 0.214 e. The van der Waals surface area contributed by atoms with Crippen LogP contribution in [0.2, 0.25) is 0 Å². The number of pyridine rings is 1. The van der Waals surface area contributed by atoms with Crippen molar-refractivity contribution in [3.63, 3.8) is 0 Å². The number of nitrogen functional groups attached to an aromatic ring is 1. The van der Waals surface area contributed by atoms with E-state index in [1.807, 2.05) is 30.3 Å². The van der Waals surface area contributed by atoms with Gasteiger partial charge in [0.25, 0.3) is 0 Å². The van der Waals surface area contributed by atoms with Crippen molar-refractivity contribution in [3.8, 4) is 5.88 Å². The van der Waals surface area contributed by atoms with Gasteiger partial charge in [-0.25, -0.2) is 4.98 Å². The SMILES string of the molecule is Nc1ccc2nc(OC3COC3)ccc2c1. The number of hydrogen-bond donors (Lipinski definition) is 1. The molecule has 82 valence electrons. The van der Waals surface area contributed by atoms with Gasteiger partial charge in [0.2, 0.25) is 5.88 Å². The van der Waals surface area contributed by atoms with Crippen LogP contribution in [0, 0.1) is 0 Å². The predicted molar refractivity (Wildman–Crippen MR) is 61.4 cm³/mol. The molecule has 0 bridgehead atoms. The van der Waals surface area contributed by atoms with Crippen molar-refractivity contribution in [3.05, 3.63) is 30.3 Å². The standard InChI is InChI=1S/C12H12N2O2/c13-9-2-3-11-8(5-9)1-4-12(14-11)16-10-6-15-7-10/h1-5,10H,6-7,13H2. The molecule has 0 saturated carbocycles. The zero-order valence-electron chi connectivity index (χ0n) is 8.72. The first-order valence-electron chi connectivity index (χ1n) is 5.22. The summed E-state index contributed by atoms with van der Waals surface area (Å²) in [4.78, 5) is 4.40. The van der Waals surface area contributed by atoms with E-state index in [2.05, 4.69) is 4.98 Å². The average molecular weight is 216 g/mol. The molecule has 16 heavy (non-hydrogen) atoms. The Hall–Kier alpha value is -1.81. The van der Waals surface area contributed by atoms with Crippen molar-refractivity contribution >= 4 is 16.6 Å². The summed E-state index contributed by atoms with van der Waals surface area (Å²) in [7, 11) is 0. The minimum atomic E-state index is 0.152. The second-order valence-electron chi connectivity index (χ2n) is 3.88. The third kappa shape index (κ3) is 1.67. The van der Waals surface area contributed by atoms with Crippen LogP contribution >= 0.6 is 0 Å². The van der Waals surface area contributed by atoms with Crippen LogP contribution in [-0.2, 0) is 4.74 Å². The maximum absolute atomic E-state index is 5.70. The molecule has 1 aromatic heterocycles. The minimum Gasteiger partial charge on any atom is -0.469 e. The molecule has 0 atom stereocenters. The van der Waals surface area contributed by atoms with Gasteiger partial charge in [0.05, 0.1) is 18.7 Å². The van der Waals surface area contributed by atoms with Gasteiger partial charge in [-0.2, -0.15) is 0 Å². The fraction of sp³-hybridized carbons (Fsp3) is 0.250. The molecule has 3 rings (SSSR count). The van der Waals surface area contributed by atoms with E-state index in [-0.39, 0.29) is 6.10 Å². The molecule has 2 aromatic rings. The number of hydrogen-bond acceptors (Lipinski definition) is 4. The lowest BCUT2D eigenvalue weighted by Crippen LogP contribution is -2.38. The first kappa shape index (κ1) is 9.42. The summed E-state index contributed by atoms with van der Waals surface area (Å²) in [6.45, 7) is 1.31. The third-order valence-corrected chi connectivity index (χ3v) is 2.58. The number of fused-ring (bicyclic) bond motifs is 1. The van der Waals surface area contributed by atoms with Crippen molar-refractivity contribution in [1.29, 1.82) is 0 Å². The largest absolute Gasteiger partial charge is 0.469 e. The van der Waals surface area contributed by atoms with Gasteiger partial charge < -0.3 is 15.2 Å². The Kier molecular flexibility index (Phi) is 2.15. The normalized spacial score (nSPS) is 16.0. The van der Waals surface area contributed by atoms with E-state index in [4.69, 9.17) is 15.2 Å². The Balaban J connectivity index is 1.92. The number of ether oxygens (including phenoxy) is 2. The van der Waals surface area contributed by atoms with Crippen molar-refractivity contribution in [2.45, 2.75) is 6.10 Å². The molecule has 0 amide bonds. The van der Waals surface area contributed by atoms with E-state index < -0.39 is 0 Å². The van der Waals surface area contributed by atoms with Gasteiger partial charge in [-0.15, -0.1) is 0 Å². The number of aromatic nitrogens is 1. The predicted octanol–water partition coefficient (Wildman–Crippen LogP) is 1.59. The number of nitrogens with zero attached hydrogens (tertiary/aromatic N) is 1. The second kappa shape index (κ2) is 3.64. The van der Waals surface area contributed by atoms with Gasteiger partial charge in [-0.05, 0) is 24.3 Å². The Morgan fingerprint density at radius 2 is 2.12 bits per heavy atom. The fourth-order valence-electron chi connectivity index (χ4n) is 1.64. The smallest absolute Gasteiger partial charge is 0.214 e. The molecule has 0 spiro atoms. The lowest BCUT2D eigenvalue weighted by atomic mass is 10.2. The second-order valence-corrected chi connectivity index (χ2v) is 3.88. The number of anilines is 1. The van der Waals surface area contributed by atoms with Crippen molar-refractivity contribution in [2.75, 3.05) is 18.9 Å². The molecular weight excluding hydrogens is 204 g/mol. The zero-order chi connectivity index (χ0) is 11.0. The molecule has 1 saturated heterocycles. The van der Waals surface area contributed by atoms with Gasteiger partial charge in [0, 0.05) is 17.1 Å². The van der Waals surface area contributed by atoms with Crippen LogP contribution in [0.3, 0.4) is 0 Å². The summed E-state index contributed by atoms with van der Waals surface area (Å²) >= 11 is 0. The lowest BCUT2D eigenvalue weighted by molar-refractivity contribution is -0.0812. The molecule has 4 heteroatoms. The Labute approximate surface area is 93.0 Å². The summed E-state index contributed by atoms with van der Waals surface area (Å²) in [5.41, 5.74) is 7.34. The van der Waals surface area contributed by atoms with Crippen molar-refractivity contribution in [2.24, 2.45) is 0 Å². The molecule has 4 nitrogen and oxygen atoms in total. The van der Waals surface area contributed by atoms with E-state index in [1.54, 1.807) is 0 Å². The summed E-state index contributed by atoms with van der Waals surface area (Å²) in [5.74, 6) is 0.644. The van der Waals surface area contributed by atoms with Gasteiger partial charge >= 0.3 is 0 Å². The summed E-state index contributed by atoms with van der Waals surface area (Å²) in [6.07, 6.45) is 0.152. The molecule has 0 unspecified atom stereocenters. The molecule has 0 radical (unpaired) electrons. The minimum absolute atomic E-state index is 0.152. The van der Waals surface area contributed by atoms with Gasteiger partial charge in [-0.3, -0.25) is 0 Å². The fourth-order valence-corrected chi connectivity index (χ4v) is 1.64. The average Bonchev–Trinajstić information content (AvgIpc) is 2.23. The van der Waals surface area contributed by atoms with E-state index in [0.717, 1.165) is 16.6 Å². The van der Waals surface area contributed by atoms with Gasteiger partial charge in [-0.1, -0.05) is 0 Å². The van der Waals surface area contributed by atoms with E-state index >= 15 is 0 Å². The van der Waals surface area contributed by atoms with Crippen LogP contribution in [0.15, 0.2) is 30.3 Å². The maximum atomic E-state index is 5.70. The molecule has 1 aliphatic rings. The van der Waals surface area contributed by atoms with Crippen LogP contribution in [0.4, 0.5) is 5.69 Å². The monoisotopic (exact) mass is 216 g/mol. The van der Waals surface area contributed by atoms with Crippen LogP contribution in [-0.4, -0.2) is 24.3 Å². The van der Waals surface area contributed by atoms with Crippen molar-refractivity contribution in [1.82, 2.24) is 4.98 Å². The van der Waals surface area contributed by atoms with Crippen LogP contribution < -0.4 is 10.5 Å². The Bertz CT molecular complexity index is 523. The van der Waals surface area contributed by atoms with Crippen molar-refractivity contribution < 1.29 is 9.47 Å².